The lowest BCUT2D eigenvalue weighted by molar-refractivity contribution is 0.149. The molecule has 5 heteroatoms. The van der Waals surface area contributed by atoms with Crippen molar-refractivity contribution in [2.24, 2.45) is 5.92 Å². The van der Waals surface area contributed by atoms with Crippen LogP contribution >= 0.6 is 0 Å². The van der Waals surface area contributed by atoms with Crippen LogP contribution in [-0.4, -0.2) is 46.4 Å². The number of piperazine rings is 1. The zero-order chi connectivity index (χ0) is 14.7. The van der Waals surface area contributed by atoms with E-state index >= 15 is 0 Å². The van der Waals surface area contributed by atoms with Crippen LogP contribution in [-0.2, 0) is 0 Å². The number of nitrogens with zero attached hydrogens (tertiary/aromatic N) is 1. The normalized spacial score (nSPS) is 18.4. The van der Waals surface area contributed by atoms with Gasteiger partial charge < -0.3 is 20.6 Å². The van der Waals surface area contributed by atoms with E-state index in [9.17, 15) is 15.3 Å². The maximum absolute atomic E-state index is 10.1. The third-order valence-corrected chi connectivity index (χ3v) is 3.74. The number of hydrogen-bond donors (Lipinski definition) is 4. The molecule has 1 aliphatic heterocycles. The Morgan fingerprint density at radius 1 is 1.10 bits per heavy atom. The molecule has 1 atom stereocenters. The van der Waals surface area contributed by atoms with Gasteiger partial charge in [0.25, 0.3) is 0 Å². The van der Waals surface area contributed by atoms with E-state index in [1.807, 2.05) is 0 Å². The molecule has 1 saturated heterocycles. The second kappa shape index (κ2) is 6.33. The van der Waals surface area contributed by atoms with Gasteiger partial charge in [-0.2, -0.15) is 0 Å². The van der Waals surface area contributed by atoms with Crippen LogP contribution in [0.15, 0.2) is 12.1 Å². The quantitative estimate of drug-likeness (QED) is 0.676. The van der Waals surface area contributed by atoms with Gasteiger partial charge in [-0.05, 0) is 12.3 Å². The fourth-order valence-electron chi connectivity index (χ4n) is 2.84. The minimum atomic E-state index is -0.118. The Balaban J connectivity index is 2.35. The van der Waals surface area contributed by atoms with E-state index in [1.165, 1.54) is 12.1 Å². The summed E-state index contributed by atoms with van der Waals surface area (Å²) in [4.78, 5) is 2.28. The number of benzene rings is 1. The first-order valence-corrected chi connectivity index (χ1v) is 7.18. The van der Waals surface area contributed by atoms with E-state index in [4.69, 9.17) is 0 Å². The van der Waals surface area contributed by atoms with Crippen LogP contribution in [0.1, 0.15) is 31.9 Å². The predicted octanol–water partition coefficient (Wildman–Crippen LogP) is 1.80. The van der Waals surface area contributed by atoms with Gasteiger partial charge in [0.15, 0.2) is 0 Å². The van der Waals surface area contributed by atoms with Crippen LogP contribution in [0, 0.1) is 5.92 Å². The zero-order valence-corrected chi connectivity index (χ0v) is 12.1. The van der Waals surface area contributed by atoms with E-state index in [2.05, 4.69) is 24.1 Å². The van der Waals surface area contributed by atoms with E-state index in [0.29, 0.717) is 11.5 Å². The number of phenolic OH excluding ortho intramolecular Hbond substituents is 3. The highest BCUT2D eigenvalue weighted by molar-refractivity contribution is 5.50. The average molecular weight is 280 g/mol. The Bertz CT molecular complexity index is 433. The minimum absolute atomic E-state index is 0.0299. The molecular weight excluding hydrogens is 256 g/mol. The molecule has 1 aliphatic rings. The molecule has 1 fully saturated rings. The summed E-state index contributed by atoms with van der Waals surface area (Å²) in [5.41, 5.74) is 0.526. The first-order chi connectivity index (χ1) is 9.49. The molecule has 0 spiro atoms. The van der Waals surface area contributed by atoms with Crippen LogP contribution in [0.5, 0.6) is 17.2 Å². The van der Waals surface area contributed by atoms with E-state index < -0.39 is 0 Å². The third kappa shape index (κ3) is 3.35. The number of rotatable bonds is 4. The fraction of sp³-hybridized carbons (Fsp3) is 0.600. The molecule has 2 rings (SSSR count). The number of nitrogens with one attached hydrogen (secondary N) is 1. The van der Waals surface area contributed by atoms with Gasteiger partial charge >= 0.3 is 0 Å². The third-order valence-electron chi connectivity index (χ3n) is 3.74. The Hall–Kier alpha value is -1.46. The van der Waals surface area contributed by atoms with Crippen molar-refractivity contribution in [1.29, 1.82) is 0 Å². The fourth-order valence-corrected chi connectivity index (χ4v) is 2.84. The largest absolute Gasteiger partial charge is 0.508 e. The van der Waals surface area contributed by atoms with Gasteiger partial charge in [0, 0.05) is 44.4 Å². The van der Waals surface area contributed by atoms with Gasteiger partial charge in [-0.1, -0.05) is 13.8 Å². The van der Waals surface area contributed by atoms with Gasteiger partial charge in [-0.25, -0.2) is 0 Å². The number of phenols is 3. The summed E-state index contributed by atoms with van der Waals surface area (Å²) in [7, 11) is 0. The summed E-state index contributed by atoms with van der Waals surface area (Å²) in [5, 5.41) is 33.0. The van der Waals surface area contributed by atoms with E-state index in [0.717, 1.165) is 32.6 Å². The summed E-state index contributed by atoms with van der Waals surface area (Å²) in [6.45, 7) is 7.85. The first-order valence-electron chi connectivity index (χ1n) is 7.18. The van der Waals surface area contributed by atoms with Gasteiger partial charge in [-0.15, -0.1) is 0 Å². The minimum Gasteiger partial charge on any atom is -0.508 e. The maximum atomic E-state index is 10.1. The second-order valence-electron chi connectivity index (χ2n) is 5.83. The molecular formula is C15H24N2O3. The summed E-state index contributed by atoms with van der Waals surface area (Å²) < 4.78 is 0. The molecule has 0 radical (unpaired) electrons. The lowest BCUT2D eigenvalue weighted by Gasteiger charge is -2.36. The first kappa shape index (κ1) is 14.9. The van der Waals surface area contributed by atoms with Crippen LogP contribution in [0.3, 0.4) is 0 Å². The molecule has 0 saturated carbocycles. The summed E-state index contributed by atoms with van der Waals surface area (Å²) in [5.74, 6) is 0.258. The van der Waals surface area contributed by atoms with Crippen molar-refractivity contribution in [2.75, 3.05) is 26.2 Å². The maximum Gasteiger partial charge on any atom is 0.127 e. The highest BCUT2D eigenvalue weighted by Crippen LogP contribution is 2.41. The number of hydrogen-bond acceptors (Lipinski definition) is 5. The molecule has 4 N–H and O–H groups in total. The molecule has 1 aromatic rings. The molecule has 0 amide bonds. The predicted molar refractivity (Wildman–Crippen MR) is 78.1 cm³/mol. The molecule has 1 aromatic carbocycles. The molecule has 20 heavy (non-hydrogen) atoms. The molecule has 0 unspecified atom stereocenters. The second-order valence-corrected chi connectivity index (χ2v) is 5.83. The molecule has 1 heterocycles. The van der Waals surface area contributed by atoms with Crippen molar-refractivity contribution in [1.82, 2.24) is 10.2 Å². The molecule has 112 valence electrons. The Kier molecular flexibility index (Phi) is 4.73. The molecule has 0 aliphatic carbocycles. The van der Waals surface area contributed by atoms with Gasteiger partial charge in [0.2, 0.25) is 0 Å². The molecule has 0 bridgehead atoms. The molecule has 0 aromatic heterocycles. The van der Waals surface area contributed by atoms with Gasteiger partial charge in [0.05, 0.1) is 5.56 Å². The SMILES string of the molecule is CC(C)C[C@@H](c1c(O)cc(O)cc1O)N1CCNCC1. The Morgan fingerprint density at radius 2 is 1.65 bits per heavy atom. The van der Waals surface area contributed by atoms with Crippen LogP contribution < -0.4 is 5.32 Å². The zero-order valence-electron chi connectivity index (χ0n) is 12.1. The van der Waals surface area contributed by atoms with Crippen molar-refractivity contribution >= 4 is 0 Å². The summed E-state index contributed by atoms with van der Waals surface area (Å²) >= 11 is 0. The van der Waals surface area contributed by atoms with Crippen LogP contribution in [0.2, 0.25) is 0 Å². The molecule has 5 nitrogen and oxygen atoms in total. The van der Waals surface area contributed by atoms with Crippen molar-refractivity contribution < 1.29 is 15.3 Å². The van der Waals surface area contributed by atoms with Crippen molar-refractivity contribution in [3.63, 3.8) is 0 Å². The van der Waals surface area contributed by atoms with E-state index in [-0.39, 0.29) is 23.3 Å². The highest BCUT2D eigenvalue weighted by Gasteiger charge is 2.28. The summed E-state index contributed by atoms with van der Waals surface area (Å²) in [6, 6.07) is 2.56. The summed E-state index contributed by atoms with van der Waals surface area (Å²) in [6.07, 6.45) is 0.853. The van der Waals surface area contributed by atoms with Crippen molar-refractivity contribution in [2.45, 2.75) is 26.3 Å². The van der Waals surface area contributed by atoms with Gasteiger partial charge in [0.1, 0.15) is 17.2 Å². The topological polar surface area (TPSA) is 76.0 Å². The van der Waals surface area contributed by atoms with Crippen molar-refractivity contribution in [3.8, 4) is 17.2 Å². The monoisotopic (exact) mass is 280 g/mol. The van der Waals surface area contributed by atoms with Crippen LogP contribution in [0.25, 0.3) is 0 Å². The average Bonchev–Trinajstić information content (AvgIpc) is 2.37. The standard InChI is InChI=1S/C15H24N2O3/c1-10(2)7-12(17-5-3-16-4-6-17)15-13(19)8-11(18)9-14(15)20/h8-10,12,16,18-20H,3-7H2,1-2H3/t12-/m0/s1. The Labute approximate surface area is 119 Å². The van der Waals surface area contributed by atoms with Crippen molar-refractivity contribution in [3.05, 3.63) is 17.7 Å². The van der Waals surface area contributed by atoms with E-state index in [1.54, 1.807) is 0 Å². The van der Waals surface area contributed by atoms with Crippen LogP contribution in [0.4, 0.5) is 0 Å². The van der Waals surface area contributed by atoms with Gasteiger partial charge in [-0.3, -0.25) is 4.90 Å². The smallest absolute Gasteiger partial charge is 0.127 e. The highest BCUT2D eigenvalue weighted by atomic mass is 16.3. The lowest BCUT2D eigenvalue weighted by Crippen LogP contribution is -2.45. The number of aromatic hydroxyl groups is 3. The lowest BCUT2D eigenvalue weighted by atomic mass is 9.93. The Morgan fingerprint density at radius 3 is 2.15 bits per heavy atom.